The van der Waals surface area contributed by atoms with Crippen LogP contribution in [-0.4, -0.2) is 14.8 Å². The zero-order valence-corrected chi connectivity index (χ0v) is 11.9. The summed E-state index contributed by atoms with van der Waals surface area (Å²) in [4.78, 5) is 4.28. The number of nitrogens with zero attached hydrogens (tertiary/aromatic N) is 3. The molecule has 2 unspecified atom stereocenters. The van der Waals surface area contributed by atoms with Gasteiger partial charge in [-0.15, -0.1) is 0 Å². The van der Waals surface area contributed by atoms with Crippen molar-refractivity contribution < 1.29 is 0 Å². The van der Waals surface area contributed by atoms with Gasteiger partial charge in [0.2, 0.25) is 0 Å². The van der Waals surface area contributed by atoms with Gasteiger partial charge in [-0.25, -0.2) is 0 Å². The fraction of sp³-hybridized carbons (Fsp3) is 0.467. The summed E-state index contributed by atoms with van der Waals surface area (Å²) in [6, 6.07) is 6.41. The van der Waals surface area contributed by atoms with Crippen LogP contribution >= 0.6 is 0 Å². The molecule has 0 saturated heterocycles. The van der Waals surface area contributed by atoms with Crippen molar-refractivity contribution in [2.75, 3.05) is 0 Å². The van der Waals surface area contributed by atoms with Crippen molar-refractivity contribution in [3.05, 3.63) is 47.5 Å². The van der Waals surface area contributed by atoms with Crippen LogP contribution in [0.1, 0.15) is 49.3 Å². The highest BCUT2D eigenvalue weighted by Gasteiger charge is 2.12. The van der Waals surface area contributed by atoms with E-state index in [4.69, 9.17) is 5.73 Å². The van der Waals surface area contributed by atoms with Crippen molar-refractivity contribution in [3.8, 4) is 0 Å². The average Bonchev–Trinajstić information content (AvgIpc) is 2.86. The highest BCUT2D eigenvalue weighted by Crippen LogP contribution is 2.18. The molecule has 0 fully saturated rings. The van der Waals surface area contributed by atoms with Crippen LogP contribution in [0.4, 0.5) is 0 Å². The molecule has 2 heterocycles. The lowest BCUT2D eigenvalue weighted by atomic mass is 10.0. The van der Waals surface area contributed by atoms with E-state index in [-0.39, 0.29) is 6.04 Å². The number of hydrogen-bond donors (Lipinski definition) is 1. The van der Waals surface area contributed by atoms with Crippen molar-refractivity contribution in [2.24, 2.45) is 5.73 Å². The minimum Gasteiger partial charge on any atom is -0.324 e. The van der Waals surface area contributed by atoms with Gasteiger partial charge in [-0.2, -0.15) is 5.10 Å². The molecular formula is C15H22N4. The Morgan fingerprint density at radius 3 is 2.84 bits per heavy atom. The summed E-state index contributed by atoms with van der Waals surface area (Å²) < 4.78 is 2.01. The predicted octanol–water partition coefficient (Wildman–Crippen LogP) is 2.80. The molecule has 2 N–H and O–H groups in total. The van der Waals surface area contributed by atoms with Gasteiger partial charge in [0.1, 0.15) is 0 Å². The number of pyridine rings is 1. The monoisotopic (exact) mass is 258 g/mol. The number of aromatic nitrogens is 3. The SMILES string of the molecule is CCC(C)n1ccc(CC(N)c2cccnc2C)n1. The summed E-state index contributed by atoms with van der Waals surface area (Å²) in [5, 5.41) is 4.59. The molecule has 2 atom stereocenters. The van der Waals surface area contributed by atoms with E-state index in [9.17, 15) is 0 Å². The van der Waals surface area contributed by atoms with E-state index in [0.29, 0.717) is 6.04 Å². The number of aryl methyl sites for hydroxylation is 1. The van der Waals surface area contributed by atoms with Crippen LogP contribution < -0.4 is 5.73 Å². The largest absolute Gasteiger partial charge is 0.324 e. The maximum atomic E-state index is 6.26. The van der Waals surface area contributed by atoms with Gasteiger partial charge in [-0.3, -0.25) is 9.67 Å². The Morgan fingerprint density at radius 1 is 1.37 bits per heavy atom. The molecule has 4 nitrogen and oxygen atoms in total. The van der Waals surface area contributed by atoms with Gasteiger partial charge in [0.05, 0.1) is 5.69 Å². The average molecular weight is 258 g/mol. The van der Waals surface area contributed by atoms with E-state index in [2.05, 4.69) is 30.0 Å². The van der Waals surface area contributed by atoms with E-state index in [1.165, 1.54) is 0 Å². The molecule has 2 aromatic heterocycles. The van der Waals surface area contributed by atoms with Crippen LogP contribution in [0, 0.1) is 6.92 Å². The van der Waals surface area contributed by atoms with E-state index in [1.54, 1.807) is 6.20 Å². The van der Waals surface area contributed by atoms with E-state index < -0.39 is 0 Å². The first-order valence-electron chi connectivity index (χ1n) is 6.83. The summed E-state index contributed by atoms with van der Waals surface area (Å²) in [6.45, 7) is 6.33. The quantitative estimate of drug-likeness (QED) is 0.897. The smallest absolute Gasteiger partial charge is 0.0643 e. The molecule has 0 aromatic carbocycles. The molecule has 0 aliphatic rings. The minimum atomic E-state index is -0.0472. The minimum absolute atomic E-state index is 0.0472. The van der Waals surface area contributed by atoms with Crippen LogP contribution in [0.25, 0.3) is 0 Å². The Morgan fingerprint density at radius 2 is 2.16 bits per heavy atom. The Balaban J connectivity index is 2.09. The van der Waals surface area contributed by atoms with Gasteiger partial charge in [0.25, 0.3) is 0 Å². The zero-order valence-electron chi connectivity index (χ0n) is 11.9. The van der Waals surface area contributed by atoms with Crippen molar-refractivity contribution in [3.63, 3.8) is 0 Å². The molecule has 0 amide bonds. The van der Waals surface area contributed by atoms with Crippen LogP contribution in [0.3, 0.4) is 0 Å². The van der Waals surface area contributed by atoms with Gasteiger partial charge in [0.15, 0.2) is 0 Å². The third kappa shape index (κ3) is 3.20. The third-order valence-corrected chi connectivity index (χ3v) is 3.58. The standard InChI is InChI=1S/C15H22N4/c1-4-11(2)19-9-7-13(18-19)10-15(16)14-6-5-8-17-12(14)3/h5-9,11,15H,4,10,16H2,1-3H3. The van der Waals surface area contributed by atoms with Gasteiger partial charge >= 0.3 is 0 Å². The molecule has 0 bridgehead atoms. The summed E-state index contributed by atoms with van der Waals surface area (Å²) >= 11 is 0. The van der Waals surface area contributed by atoms with Crippen molar-refractivity contribution in [2.45, 2.75) is 45.7 Å². The molecule has 19 heavy (non-hydrogen) atoms. The van der Waals surface area contributed by atoms with Gasteiger partial charge in [-0.1, -0.05) is 13.0 Å². The van der Waals surface area contributed by atoms with Crippen LogP contribution in [0.5, 0.6) is 0 Å². The van der Waals surface area contributed by atoms with Gasteiger partial charge in [0, 0.05) is 36.6 Å². The first kappa shape index (κ1) is 13.7. The van der Waals surface area contributed by atoms with Gasteiger partial charge < -0.3 is 5.73 Å². The Labute approximate surface area is 114 Å². The normalized spacial score (nSPS) is 14.3. The maximum absolute atomic E-state index is 6.26. The highest BCUT2D eigenvalue weighted by atomic mass is 15.3. The second kappa shape index (κ2) is 5.97. The van der Waals surface area contributed by atoms with E-state index >= 15 is 0 Å². The van der Waals surface area contributed by atoms with Gasteiger partial charge in [-0.05, 0) is 38.0 Å². The molecule has 0 aliphatic carbocycles. The molecule has 0 saturated carbocycles. The molecule has 4 heteroatoms. The fourth-order valence-electron chi connectivity index (χ4n) is 2.14. The molecule has 2 aromatic rings. The van der Waals surface area contributed by atoms with Crippen molar-refractivity contribution in [1.29, 1.82) is 0 Å². The Hall–Kier alpha value is -1.68. The lowest BCUT2D eigenvalue weighted by Gasteiger charge is -2.13. The summed E-state index contributed by atoms with van der Waals surface area (Å²) in [7, 11) is 0. The summed E-state index contributed by atoms with van der Waals surface area (Å²) in [5.41, 5.74) is 9.39. The Bertz CT molecular complexity index is 532. The summed E-state index contributed by atoms with van der Waals surface area (Å²) in [6.07, 6.45) is 5.65. The summed E-state index contributed by atoms with van der Waals surface area (Å²) in [5.74, 6) is 0. The Kier molecular flexibility index (Phi) is 4.32. The molecule has 2 rings (SSSR count). The number of nitrogens with two attached hydrogens (primary N) is 1. The molecule has 102 valence electrons. The first-order chi connectivity index (χ1) is 9.11. The molecular weight excluding hydrogens is 236 g/mol. The third-order valence-electron chi connectivity index (χ3n) is 3.58. The lowest BCUT2D eigenvalue weighted by Crippen LogP contribution is -2.16. The van der Waals surface area contributed by atoms with Crippen molar-refractivity contribution in [1.82, 2.24) is 14.8 Å². The van der Waals surface area contributed by atoms with Crippen LogP contribution in [0.2, 0.25) is 0 Å². The molecule has 0 radical (unpaired) electrons. The van der Waals surface area contributed by atoms with Crippen LogP contribution in [0.15, 0.2) is 30.6 Å². The predicted molar refractivity (Wildman–Crippen MR) is 76.8 cm³/mol. The first-order valence-corrected chi connectivity index (χ1v) is 6.83. The molecule has 0 spiro atoms. The molecule has 0 aliphatic heterocycles. The van der Waals surface area contributed by atoms with E-state index in [0.717, 1.165) is 29.8 Å². The highest BCUT2D eigenvalue weighted by molar-refractivity contribution is 5.23. The van der Waals surface area contributed by atoms with Crippen molar-refractivity contribution >= 4 is 0 Å². The fourth-order valence-corrected chi connectivity index (χ4v) is 2.14. The van der Waals surface area contributed by atoms with E-state index in [1.807, 2.05) is 29.9 Å². The zero-order chi connectivity index (χ0) is 13.8. The maximum Gasteiger partial charge on any atom is 0.0643 e. The number of hydrogen-bond acceptors (Lipinski definition) is 3. The second-order valence-corrected chi connectivity index (χ2v) is 5.03. The second-order valence-electron chi connectivity index (χ2n) is 5.03. The topological polar surface area (TPSA) is 56.7 Å². The lowest BCUT2D eigenvalue weighted by molar-refractivity contribution is 0.472. The van der Waals surface area contributed by atoms with Crippen LogP contribution in [-0.2, 0) is 6.42 Å². The number of rotatable bonds is 5.